The molecule has 0 saturated carbocycles. The van der Waals surface area contributed by atoms with Crippen molar-refractivity contribution in [3.05, 3.63) is 35.5 Å². The number of hydrogen-bond donors (Lipinski definition) is 0. The summed E-state index contributed by atoms with van der Waals surface area (Å²) in [5, 5.41) is 12.2. The van der Waals surface area contributed by atoms with Gasteiger partial charge in [0.05, 0.1) is 17.6 Å². The maximum atomic E-state index is 13.1. The fraction of sp³-hybridized carbons (Fsp3) is 0.250. The van der Waals surface area contributed by atoms with Gasteiger partial charge in [-0.25, -0.2) is 4.39 Å². The van der Waals surface area contributed by atoms with Crippen molar-refractivity contribution < 1.29 is 8.91 Å². The topological polar surface area (TPSA) is 62.7 Å². The largest absolute Gasteiger partial charge is 0.338 e. The molecule has 1 aromatic carbocycles. The first-order valence-corrected chi connectivity index (χ1v) is 6.40. The molecule has 4 nitrogen and oxygen atoms in total. The monoisotopic (exact) mass is 263 g/mol. The van der Waals surface area contributed by atoms with Gasteiger partial charge >= 0.3 is 0 Å². The normalized spacial score (nSPS) is 10.3. The summed E-state index contributed by atoms with van der Waals surface area (Å²) in [6.45, 7) is 1.68. The average Bonchev–Trinajstić information content (AvgIpc) is 2.82. The highest BCUT2D eigenvalue weighted by Gasteiger charge is 2.09. The molecule has 0 spiro atoms. The Morgan fingerprint density at radius 2 is 2.33 bits per heavy atom. The van der Waals surface area contributed by atoms with Gasteiger partial charge in [0.15, 0.2) is 0 Å². The van der Waals surface area contributed by atoms with E-state index in [1.807, 2.05) is 6.07 Å². The second-order valence-electron chi connectivity index (χ2n) is 3.63. The SMILES string of the molecule is Cc1cc(-c2noc(CSCC#N)n2)ccc1F. The van der Waals surface area contributed by atoms with E-state index < -0.39 is 0 Å². The van der Waals surface area contributed by atoms with Crippen LogP contribution in [0.25, 0.3) is 11.4 Å². The number of halogens is 1. The summed E-state index contributed by atoms with van der Waals surface area (Å²) < 4.78 is 18.2. The number of nitriles is 1. The fourth-order valence-corrected chi connectivity index (χ4v) is 1.88. The third-order valence-electron chi connectivity index (χ3n) is 2.28. The Labute approximate surface area is 108 Å². The van der Waals surface area contributed by atoms with E-state index in [2.05, 4.69) is 10.1 Å². The maximum Gasteiger partial charge on any atom is 0.236 e. The van der Waals surface area contributed by atoms with Crippen LogP contribution in [0.15, 0.2) is 22.7 Å². The zero-order valence-corrected chi connectivity index (χ0v) is 10.5. The summed E-state index contributed by atoms with van der Waals surface area (Å²) in [4.78, 5) is 4.19. The molecule has 0 unspecified atom stereocenters. The van der Waals surface area contributed by atoms with Crippen molar-refractivity contribution >= 4 is 11.8 Å². The van der Waals surface area contributed by atoms with E-state index in [0.717, 1.165) is 0 Å². The number of nitrogens with zero attached hydrogens (tertiary/aromatic N) is 3. The van der Waals surface area contributed by atoms with Crippen LogP contribution in [0.3, 0.4) is 0 Å². The van der Waals surface area contributed by atoms with E-state index in [0.29, 0.717) is 34.3 Å². The Morgan fingerprint density at radius 1 is 1.50 bits per heavy atom. The molecule has 2 aromatic rings. The molecule has 1 heterocycles. The lowest BCUT2D eigenvalue weighted by atomic mass is 10.1. The molecule has 0 aliphatic rings. The molecule has 0 saturated heterocycles. The predicted molar refractivity (Wildman–Crippen MR) is 66.2 cm³/mol. The molecule has 0 atom stereocenters. The molecule has 2 rings (SSSR count). The van der Waals surface area contributed by atoms with Crippen LogP contribution in [0.1, 0.15) is 11.5 Å². The number of benzene rings is 1. The highest BCUT2D eigenvalue weighted by Crippen LogP contribution is 2.20. The van der Waals surface area contributed by atoms with Crippen molar-refractivity contribution in [2.45, 2.75) is 12.7 Å². The summed E-state index contributed by atoms with van der Waals surface area (Å²) in [7, 11) is 0. The van der Waals surface area contributed by atoms with Crippen molar-refractivity contribution in [2.75, 3.05) is 5.75 Å². The quantitative estimate of drug-likeness (QED) is 0.793. The smallest absolute Gasteiger partial charge is 0.236 e. The third-order valence-corrected chi connectivity index (χ3v) is 3.06. The van der Waals surface area contributed by atoms with Crippen molar-refractivity contribution in [2.24, 2.45) is 0 Å². The first-order valence-electron chi connectivity index (χ1n) is 5.24. The van der Waals surface area contributed by atoms with Gasteiger partial charge in [-0.2, -0.15) is 10.2 Å². The van der Waals surface area contributed by atoms with Crippen LogP contribution in [0.4, 0.5) is 4.39 Å². The Morgan fingerprint density at radius 3 is 3.06 bits per heavy atom. The molecule has 1 aromatic heterocycles. The van der Waals surface area contributed by atoms with Gasteiger partial charge in [0.2, 0.25) is 11.7 Å². The Kier molecular flexibility index (Phi) is 3.95. The van der Waals surface area contributed by atoms with Gasteiger partial charge in [-0.05, 0) is 30.7 Å². The molecule has 0 N–H and O–H groups in total. The van der Waals surface area contributed by atoms with Crippen molar-refractivity contribution in [1.82, 2.24) is 10.1 Å². The molecule has 0 fully saturated rings. The first kappa shape index (κ1) is 12.6. The summed E-state index contributed by atoms with van der Waals surface area (Å²) in [5.74, 6) is 1.53. The van der Waals surface area contributed by atoms with E-state index >= 15 is 0 Å². The number of thioether (sulfide) groups is 1. The van der Waals surface area contributed by atoms with Crippen LogP contribution < -0.4 is 0 Å². The lowest BCUT2D eigenvalue weighted by molar-refractivity contribution is 0.391. The van der Waals surface area contributed by atoms with E-state index in [4.69, 9.17) is 9.78 Å². The molecular formula is C12H10FN3OS. The van der Waals surface area contributed by atoms with Gasteiger partial charge in [0, 0.05) is 5.56 Å². The standard InChI is InChI=1S/C12H10FN3OS/c1-8-6-9(2-3-10(8)13)12-15-11(17-16-12)7-18-5-4-14/h2-3,6H,5,7H2,1H3. The van der Waals surface area contributed by atoms with Crippen LogP contribution >= 0.6 is 11.8 Å². The summed E-state index contributed by atoms with van der Waals surface area (Å²) in [6.07, 6.45) is 0. The van der Waals surface area contributed by atoms with Gasteiger partial charge in [-0.1, -0.05) is 5.16 Å². The maximum absolute atomic E-state index is 13.1. The Balaban J connectivity index is 2.14. The molecular weight excluding hydrogens is 253 g/mol. The second-order valence-corrected chi connectivity index (χ2v) is 4.61. The minimum Gasteiger partial charge on any atom is -0.338 e. The van der Waals surface area contributed by atoms with Crippen molar-refractivity contribution in [1.29, 1.82) is 5.26 Å². The fourth-order valence-electron chi connectivity index (χ4n) is 1.40. The Bertz CT molecular complexity index is 591. The lowest BCUT2D eigenvalue weighted by Gasteiger charge is -1.97. The molecule has 0 amide bonds. The van der Waals surface area contributed by atoms with Gasteiger partial charge in [-0.15, -0.1) is 11.8 Å². The lowest BCUT2D eigenvalue weighted by Crippen LogP contribution is -1.86. The van der Waals surface area contributed by atoms with Gasteiger partial charge in [0.25, 0.3) is 0 Å². The molecule has 92 valence electrons. The minimum atomic E-state index is -0.257. The van der Waals surface area contributed by atoms with Crippen LogP contribution in [-0.4, -0.2) is 15.9 Å². The predicted octanol–water partition coefficient (Wildman–Crippen LogP) is 2.94. The van der Waals surface area contributed by atoms with Gasteiger partial charge in [-0.3, -0.25) is 0 Å². The van der Waals surface area contributed by atoms with Gasteiger partial charge in [0.1, 0.15) is 5.82 Å². The molecule has 0 aliphatic carbocycles. The van der Waals surface area contributed by atoms with E-state index in [-0.39, 0.29) is 5.82 Å². The molecule has 18 heavy (non-hydrogen) atoms. The van der Waals surface area contributed by atoms with Crippen LogP contribution in [-0.2, 0) is 5.75 Å². The number of rotatable bonds is 4. The van der Waals surface area contributed by atoms with Gasteiger partial charge < -0.3 is 4.52 Å². The Hall–Kier alpha value is -1.87. The van der Waals surface area contributed by atoms with Crippen molar-refractivity contribution in [3.63, 3.8) is 0 Å². The van der Waals surface area contributed by atoms with Crippen LogP contribution in [0.5, 0.6) is 0 Å². The second kappa shape index (κ2) is 5.65. The third kappa shape index (κ3) is 2.87. The molecule has 0 bridgehead atoms. The average molecular weight is 263 g/mol. The highest BCUT2D eigenvalue weighted by molar-refractivity contribution is 7.98. The molecule has 0 radical (unpaired) electrons. The zero-order chi connectivity index (χ0) is 13.0. The zero-order valence-electron chi connectivity index (χ0n) is 9.68. The van der Waals surface area contributed by atoms with Crippen LogP contribution in [0.2, 0.25) is 0 Å². The molecule has 6 heteroatoms. The van der Waals surface area contributed by atoms with E-state index in [9.17, 15) is 4.39 Å². The summed E-state index contributed by atoms with van der Waals surface area (Å²) in [5.41, 5.74) is 1.26. The number of aryl methyl sites for hydroxylation is 1. The summed E-state index contributed by atoms with van der Waals surface area (Å²) >= 11 is 1.40. The minimum absolute atomic E-state index is 0.257. The van der Waals surface area contributed by atoms with Crippen LogP contribution in [0, 0.1) is 24.1 Å². The molecule has 0 aliphatic heterocycles. The number of hydrogen-bond acceptors (Lipinski definition) is 5. The first-order chi connectivity index (χ1) is 8.70. The van der Waals surface area contributed by atoms with E-state index in [1.165, 1.54) is 17.8 Å². The highest BCUT2D eigenvalue weighted by atomic mass is 32.2. The van der Waals surface area contributed by atoms with Crippen molar-refractivity contribution in [3.8, 4) is 17.5 Å². The number of aromatic nitrogens is 2. The summed E-state index contributed by atoms with van der Waals surface area (Å²) in [6, 6.07) is 6.69. The van der Waals surface area contributed by atoms with E-state index in [1.54, 1.807) is 19.1 Å².